The van der Waals surface area contributed by atoms with Crippen LogP contribution in [0.1, 0.15) is 45.8 Å². The maximum absolute atomic E-state index is 13.6. The van der Waals surface area contributed by atoms with Crippen LogP contribution in [0.4, 0.5) is 18.9 Å². The molecule has 0 saturated carbocycles. The smallest absolute Gasteiger partial charge is 0.416 e. The summed E-state index contributed by atoms with van der Waals surface area (Å²) in [6.45, 7) is 4.46. The van der Waals surface area contributed by atoms with Crippen LogP contribution >= 0.6 is 0 Å². The van der Waals surface area contributed by atoms with Gasteiger partial charge in [0, 0.05) is 37.9 Å². The number of aliphatic hydroxyl groups is 1. The van der Waals surface area contributed by atoms with Crippen molar-refractivity contribution in [2.45, 2.75) is 38.7 Å². The van der Waals surface area contributed by atoms with Crippen molar-refractivity contribution in [2.75, 3.05) is 32.1 Å². The molecule has 4 rings (SSSR count). The highest BCUT2D eigenvalue weighted by molar-refractivity contribution is 6.06. The number of carbonyl (C=O) groups excluding carboxylic acids is 2. The van der Waals surface area contributed by atoms with Crippen molar-refractivity contribution in [2.24, 2.45) is 5.92 Å². The third kappa shape index (κ3) is 7.19. The number of hydrogen-bond acceptors (Lipinski definition) is 7. The third-order valence-corrected chi connectivity index (χ3v) is 6.96. The van der Waals surface area contributed by atoms with Crippen molar-refractivity contribution in [1.29, 1.82) is 0 Å². The summed E-state index contributed by atoms with van der Waals surface area (Å²) in [4.78, 5) is 38.0. The summed E-state index contributed by atoms with van der Waals surface area (Å²) in [7, 11) is 1.83. The van der Waals surface area contributed by atoms with Crippen molar-refractivity contribution in [3.05, 3.63) is 83.4 Å². The quantitative estimate of drug-likeness (QED) is 0.419. The summed E-state index contributed by atoms with van der Waals surface area (Å²) in [6.07, 6.45) is -0.734. The molecule has 0 aliphatic carbocycles. The van der Waals surface area contributed by atoms with Crippen molar-refractivity contribution in [3.8, 4) is 5.75 Å². The summed E-state index contributed by atoms with van der Waals surface area (Å²) in [5, 5.41) is 12.6. The number of aromatic nitrogens is 2. The number of nitrogens with zero attached hydrogens (tertiary/aromatic N) is 4. The molecule has 2 amide bonds. The van der Waals surface area contributed by atoms with Crippen LogP contribution in [0.3, 0.4) is 0 Å². The van der Waals surface area contributed by atoms with Crippen molar-refractivity contribution >= 4 is 17.5 Å². The predicted molar refractivity (Wildman–Crippen MR) is 145 cm³/mol. The Balaban J connectivity index is 1.63. The molecule has 2 heterocycles. The molecule has 218 valence electrons. The Bertz CT molecular complexity index is 1350. The first-order valence-corrected chi connectivity index (χ1v) is 13.1. The highest BCUT2D eigenvalue weighted by atomic mass is 19.4. The number of alkyl halides is 3. The van der Waals surface area contributed by atoms with Gasteiger partial charge in [-0.25, -0.2) is 4.98 Å². The van der Waals surface area contributed by atoms with E-state index in [4.69, 9.17) is 4.74 Å². The van der Waals surface area contributed by atoms with E-state index in [-0.39, 0.29) is 41.1 Å². The molecule has 1 aromatic heterocycles. The average Bonchev–Trinajstić information content (AvgIpc) is 2.95. The molecular weight excluding hydrogens is 539 g/mol. The van der Waals surface area contributed by atoms with Crippen molar-refractivity contribution in [3.63, 3.8) is 0 Å². The van der Waals surface area contributed by atoms with Crippen molar-refractivity contribution in [1.82, 2.24) is 19.8 Å². The number of ether oxygens (including phenoxy) is 1. The second-order valence-electron chi connectivity index (χ2n) is 10.2. The topological polar surface area (TPSA) is 108 Å². The van der Waals surface area contributed by atoms with E-state index in [0.29, 0.717) is 25.2 Å². The minimum Gasteiger partial charge on any atom is -0.486 e. The zero-order valence-corrected chi connectivity index (χ0v) is 22.9. The zero-order chi connectivity index (χ0) is 29.7. The van der Waals surface area contributed by atoms with Crippen LogP contribution in [-0.2, 0) is 12.7 Å². The summed E-state index contributed by atoms with van der Waals surface area (Å²) in [6, 6.07) is 9.38. The number of amides is 2. The third-order valence-electron chi connectivity index (χ3n) is 6.96. The Morgan fingerprint density at radius 3 is 2.59 bits per heavy atom. The van der Waals surface area contributed by atoms with Gasteiger partial charge in [-0.15, -0.1) is 0 Å². The van der Waals surface area contributed by atoms with Gasteiger partial charge in [0.15, 0.2) is 5.75 Å². The second kappa shape index (κ2) is 12.6. The summed E-state index contributed by atoms with van der Waals surface area (Å²) < 4.78 is 45.4. The van der Waals surface area contributed by atoms with Gasteiger partial charge in [-0.05, 0) is 43.8 Å². The number of para-hydroxylation sites is 1. The zero-order valence-electron chi connectivity index (χ0n) is 22.9. The Morgan fingerprint density at radius 1 is 1.22 bits per heavy atom. The molecule has 0 fully saturated rings. The van der Waals surface area contributed by atoms with E-state index in [1.54, 1.807) is 30.0 Å². The van der Waals surface area contributed by atoms with Gasteiger partial charge >= 0.3 is 6.18 Å². The Morgan fingerprint density at radius 2 is 1.95 bits per heavy atom. The SMILES string of the molecule is C[C@H]1CN([C@@H](C)CO)C(=O)c2cccc(NC(=O)c3cnccn3)c2O[C@H]1CN(C)Cc1ccc(C(F)(F)F)cc1. The highest BCUT2D eigenvalue weighted by Crippen LogP contribution is 2.35. The summed E-state index contributed by atoms with van der Waals surface area (Å²) >= 11 is 0. The molecule has 1 aliphatic heterocycles. The number of fused-ring (bicyclic) bond motifs is 1. The lowest BCUT2D eigenvalue weighted by molar-refractivity contribution is -0.137. The molecule has 3 atom stereocenters. The normalized spacial score (nSPS) is 18.2. The molecule has 2 aromatic carbocycles. The van der Waals surface area contributed by atoms with Gasteiger partial charge in [-0.2, -0.15) is 13.2 Å². The molecule has 9 nitrogen and oxygen atoms in total. The standard InChI is InChI=1S/C29H32F3N5O4/c1-18-14-37(19(2)17-38)28(40)22-5-4-6-23(35-27(39)24-13-33-11-12-34-24)26(22)41-25(18)16-36(3)15-20-7-9-21(10-8-20)29(30,31)32/h4-13,18-19,25,38H,14-17H2,1-3H3,(H,35,39)/t18-,19-,25-/m0/s1. The summed E-state index contributed by atoms with van der Waals surface area (Å²) in [5.41, 5.74) is 0.564. The van der Waals surface area contributed by atoms with Crippen LogP contribution < -0.4 is 10.1 Å². The Kier molecular flexibility index (Phi) is 9.24. The number of aliphatic hydroxyl groups excluding tert-OH is 1. The Labute approximate surface area is 236 Å². The van der Waals surface area contributed by atoms with Gasteiger partial charge in [-0.3, -0.25) is 19.5 Å². The molecule has 3 aromatic rings. The van der Waals surface area contributed by atoms with Gasteiger partial charge in [0.1, 0.15) is 11.8 Å². The number of rotatable bonds is 8. The number of likely N-dealkylation sites (N-methyl/N-ethyl adjacent to an activating group) is 1. The van der Waals surface area contributed by atoms with E-state index in [1.807, 2.05) is 18.9 Å². The second-order valence-corrected chi connectivity index (χ2v) is 10.2. The molecular formula is C29H32F3N5O4. The lowest BCUT2D eigenvalue weighted by Gasteiger charge is -2.38. The minimum atomic E-state index is -4.41. The maximum atomic E-state index is 13.6. The van der Waals surface area contributed by atoms with Gasteiger partial charge in [0.05, 0.1) is 35.7 Å². The predicted octanol–water partition coefficient (Wildman–Crippen LogP) is 4.10. The first kappa shape index (κ1) is 29.9. The van der Waals surface area contributed by atoms with Crippen LogP contribution in [0.5, 0.6) is 5.75 Å². The fourth-order valence-electron chi connectivity index (χ4n) is 4.64. The molecule has 0 saturated heterocycles. The van der Waals surface area contributed by atoms with E-state index >= 15 is 0 Å². The number of nitrogens with one attached hydrogen (secondary N) is 1. The largest absolute Gasteiger partial charge is 0.486 e. The molecule has 12 heteroatoms. The summed E-state index contributed by atoms with van der Waals surface area (Å²) in [5.74, 6) is -0.904. The van der Waals surface area contributed by atoms with E-state index < -0.39 is 29.8 Å². The molecule has 0 unspecified atom stereocenters. The number of carbonyl (C=O) groups is 2. The lowest BCUT2D eigenvalue weighted by atomic mass is 9.98. The van der Waals surface area contributed by atoms with Gasteiger partial charge in [-0.1, -0.05) is 25.1 Å². The molecule has 2 N–H and O–H groups in total. The number of halogens is 3. The fourth-order valence-corrected chi connectivity index (χ4v) is 4.64. The van der Waals surface area contributed by atoms with Crippen LogP contribution in [0.2, 0.25) is 0 Å². The Hall–Kier alpha value is -4.03. The van der Waals surface area contributed by atoms with Gasteiger partial charge in [0.2, 0.25) is 0 Å². The average molecular weight is 572 g/mol. The first-order valence-electron chi connectivity index (χ1n) is 13.1. The van der Waals surface area contributed by atoms with Crippen LogP contribution in [-0.4, -0.2) is 75.6 Å². The molecule has 0 bridgehead atoms. The molecule has 1 aliphatic rings. The molecule has 0 spiro atoms. The van der Waals surface area contributed by atoms with Gasteiger partial charge in [0.25, 0.3) is 11.8 Å². The minimum absolute atomic E-state index is 0.0824. The lowest BCUT2D eigenvalue weighted by Crippen LogP contribution is -2.49. The fraction of sp³-hybridized carbons (Fsp3) is 0.379. The molecule has 41 heavy (non-hydrogen) atoms. The van der Waals surface area contributed by atoms with E-state index in [9.17, 15) is 27.9 Å². The van der Waals surface area contributed by atoms with E-state index in [2.05, 4.69) is 15.3 Å². The maximum Gasteiger partial charge on any atom is 0.416 e. The van der Waals surface area contributed by atoms with E-state index in [0.717, 1.165) is 12.1 Å². The van der Waals surface area contributed by atoms with Crippen molar-refractivity contribution < 1.29 is 32.6 Å². The first-order chi connectivity index (χ1) is 19.5. The number of benzene rings is 2. The van der Waals surface area contributed by atoms with Crippen LogP contribution in [0, 0.1) is 5.92 Å². The highest BCUT2D eigenvalue weighted by Gasteiger charge is 2.35. The van der Waals surface area contributed by atoms with E-state index in [1.165, 1.54) is 30.7 Å². The molecule has 0 radical (unpaired) electrons. The monoisotopic (exact) mass is 571 g/mol. The number of anilines is 1. The van der Waals surface area contributed by atoms with Gasteiger partial charge < -0.3 is 20.1 Å². The van der Waals surface area contributed by atoms with Crippen LogP contribution in [0.15, 0.2) is 61.1 Å². The number of hydrogen-bond donors (Lipinski definition) is 2. The van der Waals surface area contributed by atoms with Crippen LogP contribution in [0.25, 0.3) is 0 Å².